The maximum atomic E-state index is 5.21. The van der Waals surface area contributed by atoms with E-state index < -0.39 is 0 Å². The van der Waals surface area contributed by atoms with Crippen LogP contribution >= 0.6 is 0 Å². The predicted molar refractivity (Wildman–Crippen MR) is 256 cm³/mol. The molecule has 2 aromatic heterocycles. The lowest BCUT2D eigenvalue weighted by molar-refractivity contribution is 1.18. The number of aromatic nitrogens is 3. The molecule has 2 heterocycles. The van der Waals surface area contributed by atoms with Gasteiger partial charge in [0.25, 0.3) is 0 Å². The van der Waals surface area contributed by atoms with Gasteiger partial charge in [-0.05, 0) is 103 Å². The number of fused-ring (bicyclic) bond motifs is 7. The van der Waals surface area contributed by atoms with Crippen molar-refractivity contribution in [3.8, 4) is 61.8 Å². The second kappa shape index (κ2) is 14.3. The fourth-order valence-corrected chi connectivity index (χ4v) is 9.26. The van der Waals surface area contributed by atoms with Crippen molar-refractivity contribution in [3.05, 3.63) is 224 Å². The molecule has 61 heavy (non-hydrogen) atoms. The molecule has 0 saturated heterocycles. The van der Waals surface area contributed by atoms with Crippen LogP contribution in [0.2, 0.25) is 0 Å². The van der Waals surface area contributed by atoms with E-state index in [4.69, 9.17) is 9.97 Å². The third kappa shape index (κ3) is 5.98. The Morgan fingerprint density at radius 2 is 0.869 bits per heavy atom. The van der Waals surface area contributed by atoms with Crippen LogP contribution in [0.1, 0.15) is 0 Å². The van der Waals surface area contributed by atoms with Gasteiger partial charge in [-0.15, -0.1) is 0 Å². The standard InChI is InChI=1S/C58H37N3/c1-3-15-41(16-4-1)58-59-53(39-26-28-40(29-27-39)57-48-23-10-8-17-44(48)36-51-47-22-9-7-14-38(47)30-32-50(51)57)37-54(60-58)45-19-13-18-42(34-45)43-31-33-56-52(35-43)49-24-11-12-25-55(49)61(56)46-20-5-2-6-21-46/h1-37H. The second-order valence-electron chi connectivity index (χ2n) is 15.8. The predicted octanol–water partition coefficient (Wildman–Crippen LogP) is 15.4. The van der Waals surface area contributed by atoms with Gasteiger partial charge in [-0.1, -0.05) is 176 Å². The summed E-state index contributed by atoms with van der Waals surface area (Å²) in [6, 6.07) is 80.5. The highest BCUT2D eigenvalue weighted by atomic mass is 15.0. The van der Waals surface area contributed by atoms with Crippen LogP contribution in [0.3, 0.4) is 0 Å². The molecule has 3 heteroatoms. The SMILES string of the molecule is c1ccc(-c2nc(-c3ccc(-c4c5ccccc5cc5c4ccc4ccccc45)cc3)cc(-c3cccc(-c4ccc5c(c4)c4ccccc4n5-c4ccccc4)c3)n2)cc1. The van der Waals surface area contributed by atoms with E-state index in [0.29, 0.717) is 5.82 Å². The Balaban J connectivity index is 0.967. The van der Waals surface area contributed by atoms with E-state index in [1.165, 1.54) is 65.3 Å². The Hall–Kier alpha value is -8.14. The van der Waals surface area contributed by atoms with Crippen LogP contribution in [0.5, 0.6) is 0 Å². The van der Waals surface area contributed by atoms with Crippen molar-refractivity contribution in [2.45, 2.75) is 0 Å². The Morgan fingerprint density at radius 1 is 0.279 bits per heavy atom. The first kappa shape index (κ1) is 34.9. The maximum absolute atomic E-state index is 5.21. The molecule has 10 aromatic carbocycles. The molecule has 0 fully saturated rings. The van der Waals surface area contributed by atoms with E-state index in [-0.39, 0.29) is 0 Å². The smallest absolute Gasteiger partial charge is 0.160 e. The normalized spacial score (nSPS) is 11.6. The first-order valence-electron chi connectivity index (χ1n) is 20.8. The fraction of sp³-hybridized carbons (Fsp3) is 0. The van der Waals surface area contributed by atoms with Crippen LogP contribution in [0.25, 0.3) is 116 Å². The largest absolute Gasteiger partial charge is 0.309 e. The Morgan fingerprint density at radius 3 is 1.69 bits per heavy atom. The summed E-state index contributed by atoms with van der Waals surface area (Å²) in [5.74, 6) is 0.699. The minimum atomic E-state index is 0.699. The van der Waals surface area contributed by atoms with Gasteiger partial charge < -0.3 is 4.57 Å². The van der Waals surface area contributed by atoms with Gasteiger partial charge in [0, 0.05) is 33.2 Å². The zero-order chi connectivity index (χ0) is 40.3. The summed E-state index contributed by atoms with van der Waals surface area (Å²) >= 11 is 0. The maximum Gasteiger partial charge on any atom is 0.160 e. The average molecular weight is 776 g/mol. The number of hydrogen-bond acceptors (Lipinski definition) is 2. The summed E-state index contributed by atoms with van der Waals surface area (Å²) in [6.07, 6.45) is 0. The highest BCUT2D eigenvalue weighted by Gasteiger charge is 2.17. The zero-order valence-electron chi connectivity index (χ0n) is 33.2. The summed E-state index contributed by atoms with van der Waals surface area (Å²) in [5.41, 5.74) is 13.1. The number of benzene rings is 10. The molecule has 0 aliphatic carbocycles. The van der Waals surface area contributed by atoms with Crippen LogP contribution in [0.15, 0.2) is 224 Å². The Bertz CT molecular complexity index is 3620. The van der Waals surface area contributed by atoms with Crippen molar-refractivity contribution < 1.29 is 0 Å². The van der Waals surface area contributed by atoms with Gasteiger partial charge in [0.1, 0.15) is 0 Å². The molecule has 0 bridgehead atoms. The van der Waals surface area contributed by atoms with E-state index in [9.17, 15) is 0 Å². The number of rotatable bonds is 6. The van der Waals surface area contributed by atoms with Crippen molar-refractivity contribution >= 4 is 54.1 Å². The fourth-order valence-electron chi connectivity index (χ4n) is 9.26. The van der Waals surface area contributed by atoms with Crippen LogP contribution in [0.4, 0.5) is 0 Å². The quantitative estimate of drug-likeness (QED) is 0.124. The van der Waals surface area contributed by atoms with E-state index >= 15 is 0 Å². The molecule has 0 unspecified atom stereocenters. The van der Waals surface area contributed by atoms with Crippen LogP contribution in [-0.4, -0.2) is 14.5 Å². The van der Waals surface area contributed by atoms with Gasteiger partial charge in [-0.2, -0.15) is 0 Å². The summed E-state index contributed by atoms with van der Waals surface area (Å²) in [7, 11) is 0. The topological polar surface area (TPSA) is 30.7 Å². The van der Waals surface area contributed by atoms with Crippen molar-refractivity contribution in [2.24, 2.45) is 0 Å². The minimum absolute atomic E-state index is 0.699. The zero-order valence-corrected chi connectivity index (χ0v) is 33.2. The highest BCUT2D eigenvalue weighted by molar-refractivity contribution is 6.20. The van der Waals surface area contributed by atoms with Crippen molar-refractivity contribution in [1.82, 2.24) is 14.5 Å². The molecule has 0 atom stereocenters. The van der Waals surface area contributed by atoms with Crippen molar-refractivity contribution in [1.29, 1.82) is 0 Å². The minimum Gasteiger partial charge on any atom is -0.309 e. The van der Waals surface area contributed by atoms with E-state index in [1.54, 1.807) is 0 Å². The van der Waals surface area contributed by atoms with Gasteiger partial charge in [-0.25, -0.2) is 9.97 Å². The number of para-hydroxylation sites is 2. The van der Waals surface area contributed by atoms with E-state index in [1.807, 2.05) is 18.2 Å². The molecule has 0 aliphatic heterocycles. The molecule has 284 valence electrons. The van der Waals surface area contributed by atoms with Crippen molar-refractivity contribution in [2.75, 3.05) is 0 Å². The van der Waals surface area contributed by atoms with Gasteiger partial charge in [0.2, 0.25) is 0 Å². The molecule has 0 spiro atoms. The monoisotopic (exact) mass is 775 g/mol. The molecule has 0 amide bonds. The summed E-state index contributed by atoms with van der Waals surface area (Å²) in [6.45, 7) is 0. The van der Waals surface area contributed by atoms with E-state index in [0.717, 1.165) is 44.9 Å². The van der Waals surface area contributed by atoms with Gasteiger partial charge in [0.15, 0.2) is 5.82 Å². The molecular weight excluding hydrogens is 739 g/mol. The van der Waals surface area contributed by atoms with Crippen LogP contribution < -0.4 is 0 Å². The highest BCUT2D eigenvalue weighted by Crippen LogP contribution is 2.41. The third-order valence-electron chi connectivity index (χ3n) is 12.2. The summed E-state index contributed by atoms with van der Waals surface area (Å²) in [4.78, 5) is 10.4. The first-order chi connectivity index (χ1) is 30.2. The molecule has 0 radical (unpaired) electrons. The first-order valence-corrected chi connectivity index (χ1v) is 20.8. The average Bonchev–Trinajstić information content (AvgIpc) is 3.67. The van der Waals surface area contributed by atoms with Crippen LogP contribution in [-0.2, 0) is 0 Å². The van der Waals surface area contributed by atoms with Crippen LogP contribution in [0, 0.1) is 0 Å². The third-order valence-corrected chi connectivity index (χ3v) is 12.2. The number of nitrogens with zero attached hydrogens (tertiary/aromatic N) is 3. The number of hydrogen-bond donors (Lipinski definition) is 0. The molecular formula is C58H37N3. The molecule has 0 aliphatic rings. The van der Waals surface area contributed by atoms with Crippen molar-refractivity contribution in [3.63, 3.8) is 0 Å². The molecule has 3 nitrogen and oxygen atoms in total. The summed E-state index contributed by atoms with van der Waals surface area (Å²) in [5, 5.41) is 9.98. The lowest BCUT2D eigenvalue weighted by atomic mass is 9.89. The molecule has 12 aromatic rings. The van der Waals surface area contributed by atoms with Gasteiger partial charge in [0.05, 0.1) is 22.4 Å². The lowest BCUT2D eigenvalue weighted by Crippen LogP contribution is -1.96. The molecule has 12 rings (SSSR count). The van der Waals surface area contributed by atoms with E-state index in [2.05, 4.69) is 211 Å². The Kier molecular flexibility index (Phi) is 8.17. The summed E-state index contributed by atoms with van der Waals surface area (Å²) < 4.78 is 2.36. The van der Waals surface area contributed by atoms with Gasteiger partial charge >= 0.3 is 0 Å². The van der Waals surface area contributed by atoms with Gasteiger partial charge in [-0.3, -0.25) is 0 Å². The molecule has 0 N–H and O–H groups in total. The lowest BCUT2D eigenvalue weighted by Gasteiger charge is -2.15. The second-order valence-corrected chi connectivity index (χ2v) is 15.8. The molecule has 0 saturated carbocycles. The Labute approximate surface area is 353 Å².